The highest BCUT2D eigenvalue weighted by atomic mass is 79.9. The van der Waals surface area contributed by atoms with Gasteiger partial charge in [0.05, 0.1) is 31.7 Å². The van der Waals surface area contributed by atoms with E-state index in [0.29, 0.717) is 11.1 Å². The molecule has 164 valence electrons. The van der Waals surface area contributed by atoms with Gasteiger partial charge >= 0.3 is 0 Å². The molecule has 30 heavy (non-hydrogen) atoms. The van der Waals surface area contributed by atoms with E-state index in [4.69, 9.17) is 23.2 Å². The molecule has 0 aliphatic carbocycles. The SMILES string of the molecule is CS(=O)(=O)c1cc(C(CBr)C(=O)C(CBr)c2ccc(Cl)c(S(C)(=O)=O)c2)ccc1Cl. The van der Waals surface area contributed by atoms with Gasteiger partial charge < -0.3 is 0 Å². The van der Waals surface area contributed by atoms with E-state index in [0.717, 1.165) is 12.5 Å². The summed E-state index contributed by atoms with van der Waals surface area (Å²) in [6.07, 6.45) is 2.09. The molecule has 0 fully saturated rings. The monoisotopic (exact) mass is 618 g/mol. The van der Waals surface area contributed by atoms with E-state index >= 15 is 0 Å². The minimum absolute atomic E-state index is 0.0540. The standard InChI is InChI=1S/C19H18Br2Cl2O5S2/c1-29(25,26)17-7-11(3-5-15(17)22)13(9-20)19(24)14(10-21)12-4-6-16(23)18(8-12)30(2,27)28/h3-8,13-14H,9-10H2,1-2H3. The number of rotatable bonds is 8. The number of benzene rings is 2. The fourth-order valence-electron chi connectivity index (χ4n) is 2.94. The van der Waals surface area contributed by atoms with Crippen LogP contribution in [0.2, 0.25) is 10.0 Å². The fraction of sp³-hybridized carbons (Fsp3) is 0.316. The number of hydrogen-bond donors (Lipinski definition) is 0. The number of ketones is 1. The Balaban J connectivity index is 2.53. The average Bonchev–Trinajstić information content (AvgIpc) is 2.63. The third-order valence-corrected chi connectivity index (χ3v) is 8.96. The first-order valence-electron chi connectivity index (χ1n) is 8.46. The first-order valence-corrected chi connectivity index (χ1v) is 15.2. The van der Waals surface area contributed by atoms with Gasteiger partial charge in [-0.05, 0) is 35.4 Å². The third-order valence-electron chi connectivity index (χ3n) is 4.51. The van der Waals surface area contributed by atoms with Gasteiger partial charge in [0, 0.05) is 23.2 Å². The van der Waals surface area contributed by atoms with Crippen molar-refractivity contribution >= 4 is 80.5 Å². The quantitative estimate of drug-likeness (QED) is 0.387. The highest BCUT2D eigenvalue weighted by Crippen LogP contribution is 2.34. The number of hydrogen-bond acceptors (Lipinski definition) is 5. The van der Waals surface area contributed by atoms with Crippen molar-refractivity contribution in [3.05, 3.63) is 57.6 Å². The number of alkyl halides is 2. The van der Waals surface area contributed by atoms with Crippen LogP contribution >= 0.6 is 55.1 Å². The number of carbonyl (C=O) groups is 1. The minimum Gasteiger partial charge on any atom is -0.298 e. The van der Waals surface area contributed by atoms with E-state index in [1.807, 2.05) is 0 Å². The summed E-state index contributed by atoms with van der Waals surface area (Å²) >= 11 is 18.7. The summed E-state index contributed by atoms with van der Waals surface area (Å²) in [5.74, 6) is -1.57. The second-order valence-electron chi connectivity index (χ2n) is 6.74. The number of halogens is 4. The molecule has 2 aromatic rings. The van der Waals surface area contributed by atoms with Crippen LogP contribution in [0, 0.1) is 0 Å². The van der Waals surface area contributed by atoms with Crippen molar-refractivity contribution in [2.45, 2.75) is 21.6 Å². The van der Waals surface area contributed by atoms with E-state index in [-0.39, 0.29) is 36.3 Å². The Labute approximate surface area is 203 Å². The Kier molecular flexibility index (Phi) is 8.60. The molecule has 2 aromatic carbocycles. The molecule has 2 atom stereocenters. The molecule has 0 bridgehead atoms. The van der Waals surface area contributed by atoms with Crippen molar-refractivity contribution in [2.75, 3.05) is 23.2 Å². The van der Waals surface area contributed by atoms with Crippen LogP contribution in [0.3, 0.4) is 0 Å². The first-order chi connectivity index (χ1) is 13.8. The fourth-order valence-corrected chi connectivity index (χ4v) is 6.95. The van der Waals surface area contributed by atoms with Gasteiger partial charge in [-0.25, -0.2) is 16.8 Å². The van der Waals surface area contributed by atoms with Gasteiger partial charge in [0.1, 0.15) is 5.78 Å². The van der Waals surface area contributed by atoms with Crippen molar-refractivity contribution in [3.8, 4) is 0 Å². The number of sulfone groups is 2. The van der Waals surface area contributed by atoms with Gasteiger partial charge in [-0.3, -0.25) is 4.79 Å². The average molecular weight is 621 g/mol. The maximum atomic E-state index is 13.4. The van der Waals surface area contributed by atoms with E-state index in [1.54, 1.807) is 12.1 Å². The Bertz CT molecular complexity index is 1090. The molecule has 0 radical (unpaired) electrons. The van der Waals surface area contributed by atoms with Crippen LogP contribution in [0.5, 0.6) is 0 Å². The summed E-state index contributed by atoms with van der Waals surface area (Å²) in [4.78, 5) is 13.3. The van der Waals surface area contributed by atoms with E-state index < -0.39 is 31.5 Å². The predicted octanol–water partition coefficient (Wildman–Crippen LogP) is 5.03. The summed E-state index contributed by atoms with van der Waals surface area (Å²) in [6.45, 7) is 0. The Morgan fingerprint density at radius 2 is 1.13 bits per heavy atom. The normalized spacial score (nSPS) is 14.3. The zero-order valence-electron chi connectivity index (χ0n) is 15.9. The highest BCUT2D eigenvalue weighted by Gasteiger charge is 2.30. The summed E-state index contributed by atoms with van der Waals surface area (Å²) in [5.41, 5.74) is 0.981. The zero-order valence-corrected chi connectivity index (χ0v) is 22.2. The highest BCUT2D eigenvalue weighted by molar-refractivity contribution is 9.09. The van der Waals surface area contributed by atoms with Crippen molar-refractivity contribution < 1.29 is 21.6 Å². The van der Waals surface area contributed by atoms with Crippen molar-refractivity contribution in [1.82, 2.24) is 0 Å². The molecule has 5 nitrogen and oxygen atoms in total. The third kappa shape index (κ3) is 5.86. The van der Waals surface area contributed by atoms with Gasteiger partial charge in [0.25, 0.3) is 0 Å². The van der Waals surface area contributed by atoms with Crippen LogP contribution in [-0.2, 0) is 24.5 Å². The molecule has 0 aliphatic rings. The lowest BCUT2D eigenvalue weighted by Gasteiger charge is -2.21. The second-order valence-corrected chi connectivity index (χ2v) is 12.8. The number of Topliss-reactive ketones (excluding diaryl/α,β-unsaturated/α-hetero) is 1. The topological polar surface area (TPSA) is 85.3 Å². The Morgan fingerprint density at radius 3 is 1.40 bits per heavy atom. The van der Waals surface area contributed by atoms with Crippen LogP contribution in [-0.4, -0.2) is 45.8 Å². The molecule has 2 rings (SSSR count). The van der Waals surface area contributed by atoms with Crippen molar-refractivity contribution in [3.63, 3.8) is 0 Å². The van der Waals surface area contributed by atoms with Crippen LogP contribution in [0.25, 0.3) is 0 Å². The summed E-state index contributed by atoms with van der Waals surface area (Å²) in [6, 6.07) is 8.91. The largest absolute Gasteiger partial charge is 0.298 e. The van der Waals surface area contributed by atoms with Crippen LogP contribution in [0.4, 0.5) is 0 Å². The van der Waals surface area contributed by atoms with Crippen LogP contribution in [0.1, 0.15) is 23.0 Å². The molecule has 0 saturated carbocycles. The van der Waals surface area contributed by atoms with Gasteiger partial charge in [-0.15, -0.1) is 0 Å². The lowest BCUT2D eigenvalue weighted by molar-refractivity contribution is -0.121. The molecule has 2 unspecified atom stereocenters. The van der Waals surface area contributed by atoms with Gasteiger partial charge in [0.2, 0.25) is 0 Å². The lowest BCUT2D eigenvalue weighted by Crippen LogP contribution is -2.23. The molecule has 0 spiro atoms. The summed E-state index contributed by atoms with van der Waals surface area (Å²) in [7, 11) is -7.15. The maximum Gasteiger partial charge on any atom is 0.177 e. The molecule has 0 heterocycles. The van der Waals surface area contributed by atoms with Gasteiger partial charge in [0.15, 0.2) is 19.7 Å². The predicted molar refractivity (Wildman–Crippen MR) is 127 cm³/mol. The maximum absolute atomic E-state index is 13.4. The Hall–Kier alpha value is -0.450. The van der Waals surface area contributed by atoms with Gasteiger partial charge in [-0.2, -0.15) is 0 Å². The molecule has 0 amide bonds. The minimum atomic E-state index is -3.58. The first kappa shape index (κ1) is 25.8. The molecular formula is C19H18Br2Cl2O5S2. The Morgan fingerprint density at radius 1 is 0.800 bits per heavy atom. The summed E-state index contributed by atoms with van der Waals surface area (Å²) in [5, 5.41) is 0.642. The smallest absolute Gasteiger partial charge is 0.177 e. The van der Waals surface area contributed by atoms with Crippen molar-refractivity contribution in [2.24, 2.45) is 0 Å². The van der Waals surface area contributed by atoms with E-state index in [1.165, 1.54) is 24.3 Å². The van der Waals surface area contributed by atoms with Crippen LogP contribution in [0.15, 0.2) is 46.2 Å². The van der Waals surface area contributed by atoms with Crippen molar-refractivity contribution in [1.29, 1.82) is 0 Å². The molecule has 0 saturated heterocycles. The summed E-state index contributed by atoms with van der Waals surface area (Å²) < 4.78 is 48.0. The molecule has 0 N–H and O–H groups in total. The van der Waals surface area contributed by atoms with E-state index in [9.17, 15) is 21.6 Å². The number of carbonyl (C=O) groups excluding carboxylic acids is 1. The van der Waals surface area contributed by atoms with E-state index in [2.05, 4.69) is 31.9 Å². The van der Waals surface area contributed by atoms with Crippen LogP contribution < -0.4 is 0 Å². The molecule has 11 heteroatoms. The molecule has 0 aromatic heterocycles. The second kappa shape index (κ2) is 10.0. The zero-order chi connectivity index (χ0) is 22.9. The van der Waals surface area contributed by atoms with Gasteiger partial charge in [-0.1, -0.05) is 67.2 Å². The lowest BCUT2D eigenvalue weighted by atomic mass is 9.86. The molecular weight excluding hydrogens is 603 g/mol. The molecule has 0 aliphatic heterocycles.